The summed E-state index contributed by atoms with van der Waals surface area (Å²) in [4.78, 5) is 5.44. The summed E-state index contributed by atoms with van der Waals surface area (Å²) in [6, 6.07) is 0. The fourth-order valence-corrected chi connectivity index (χ4v) is 7.25. The van der Waals surface area contributed by atoms with Crippen LogP contribution < -0.4 is 0 Å². The zero-order valence-corrected chi connectivity index (χ0v) is 31.1. The van der Waals surface area contributed by atoms with Crippen LogP contribution in [-0.2, 0) is 0 Å². The third kappa shape index (κ3) is 25.5. The van der Waals surface area contributed by atoms with Crippen molar-refractivity contribution in [3.05, 3.63) is 12.4 Å². The van der Waals surface area contributed by atoms with E-state index < -0.39 is 0 Å². The maximum atomic E-state index is 2.72. The fourth-order valence-electron chi connectivity index (χ4n) is 7.25. The molecule has 1 heterocycles. The maximum Gasteiger partial charge on any atom is 0.101 e. The second kappa shape index (κ2) is 33.7. The molecule has 0 amide bonds. The molecule has 2 nitrogen and oxygen atoms in total. The normalized spacial score (nSPS) is 14.8. The van der Waals surface area contributed by atoms with Gasteiger partial charge in [0.05, 0.1) is 0 Å². The van der Waals surface area contributed by atoms with Gasteiger partial charge in [-0.3, -0.25) is 0 Å². The Morgan fingerprint density at radius 1 is 0.295 bits per heavy atom. The summed E-state index contributed by atoms with van der Waals surface area (Å²) >= 11 is 0. The summed E-state index contributed by atoms with van der Waals surface area (Å²) in [7, 11) is 0. The van der Waals surface area contributed by atoms with Crippen LogP contribution in [0.3, 0.4) is 0 Å². The Labute approximate surface area is 280 Å². The van der Waals surface area contributed by atoms with Crippen LogP contribution in [0.25, 0.3) is 0 Å². The van der Waals surface area contributed by atoms with Gasteiger partial charge in [-0.1, -0.05) is 213 Å². The smallest absolute Gasteiger partial charge is 0.101 e. The minimum atomic E-state index is 0.639. The molecule has 0 aliphatic carbocycles. The van der Waals surface area contributed by atoms with Crippen molar-refractivity contribution in [1.82, 2.24) is 9.80 Å². The lowest BCUT2D eigenvalue weighted by molar-refractivity contribution is 0.135. The molecule has 0 saturated heterocycles. The number of nitrogens with zero attached hydrogens (tertiary/aromatic N) is 2. The van der Waals surface area contributed by atoms with E-state index in [1.54, 1.807) is 0 Å². The van der Waals surface area contributed by atoms with Crippen LogP contribution in [0, 0.1) is 0 Å². The van der Waals surface area contributed by atoms with E-state index >= 15 is 0 Å². The number of hydrogen-bond acceptors (Lipinski definition) is 2. The Morgan fingerprint density at radius 2 is 0.523 bits per heavy atom. The molecule has 0 aromatic carbocycles. The Morgan fingerprint density at radius 3 is 0.795 bits per heavy atom. The van der Waals surface area contributed by atoms with E-state index in [9.17, 15) is 0 Å². The molecule has 0 bridgehead atoms. The molecule has 262 valence electrons. The maximum absolute atomic E-state index is 2.72. The molecular formula is C42H84N2. The van der Waals surface area contributed by atoms with Crippen LogP contribution in [0.15, 0.2) is 12.4 Å². The minimum Gasteiger partial charge on any atom is -0.356 e. The first kappa shape index (κ1) is 41.4. The molecule has 1 aliphatic rings. The molecule has 0 fully saturated rings. The fraction of sp³-hybridized carbons (Fsp3) is 0.952. The Hall–Kier alpha value is -0.660. The summed E-state index contributed by atoms with van der Waals surface area (Å²) in [5, 5.41) is 0. The first-order chi connectivity index (χ1) is 21.8. The van der Waals surface area contributed by atoms with E-state index in [4.69, 9.17) is 0 Å². The Bertz CT molecular complexity index is 572. The minimum absolute atomic E-state index is 0.639. The van der Waals surface area contributed by atoms with Crippen LogP contribution in [-0.4, -0.2) is 29.1 Å². The zero-order chi connectivity index (χ0) is 31.6. The molecular weight excluding hydrogens is 532 g/mol. The van der Waals surface area contributed by atoms with Crippen molar-refractivity contribution in [2.45, 2.75) is 245 Å². The molecule has 1 aliphatic heterocycles. The average Bonchev–Trinajstić information content (AvgIpc) is 3.42. The van der Waals surface area contributed by atoms with Gasteiger partial charge in [0, 0.05) is 25.5 Å². The van der Waals surface area contributed by atoms with Gasteiger partial charge in [0.15, 0.2) is 0 Å². The third-order valence-electron chi connectivity index (χ3n) is 10.3. The predicted molar refractivity (Wildman–Crippen MR) is 200 cm³/mol. The molecule has 0 saturated carbocycles. The van der Waals surface area contributed by atoms with E-state index in [1.807, 2.05) is 0 Å². The van der Waals surface area contributed by atoms with Gasteiger partial charge >= 0.3 is 0 Å². The van der Waals surface area contributed by atoms with E-state index in [-0.39, 0.29) is 0 Å². The zero-order valence-electron chi connectivity index (χ0n) is 31.1. The predicted octanol–water partition coefficient (Wildman–Crippen LogP) is 14.7. The Kier molecular flexibility index (Phi) is 31.7. The SMILES string of the molecule is CCCCCCCCCCCCCCCCC1N(CCCCCCCCCC)C=CN1CCCCCCCCCCCCC. The number of unbranched alkanes of at least 4 members (excludes halogenated alkanes) is 30. The molecule has 1 unspecified atom stereocenters. The third-order valence-corrected chi connectivity index (χ3v) is 10.3. The topological polar surface area (TPSA) is 6.48 Å². The van der Waals surface area contributed by atoms with Gasteiger partial charge < -0.3 is 9.80 Å². The van der Waals surface area contributed by atoms with Crippen molar-refractivity contribution in [2.75, 3.05) is 13.1 Å². The molecule has 2 heteroatoms. The van der Waals surface area contributed by atoms with Gasteiger partial charge in [0.25, 0.3) is 0 Å². The van der Waals surface area contributed by atoms with E-state index in [0.29, 0.717) is 6.17 Å². The highest BCUT2D eigenvalue weighted by Gasteiger charge is 2.24. The van der Waals surface area contributed by atoms with Gasteiger partial charge in [-0.25, -0.2) is 0 Å². The van der Waals surface area contributed by atoms with Crippen molar-refractivity contribution in [3.63, 3.8) is 0 Å². The average molecular weight is 617 g/mol. The van der Waals surface area contributed by atoms with Crippen LogP contribution >= 0.6 is 0 Å². The van der Waals surface area contributed by atoms with Crippen molar-refractivity contribution < 1.29 is 0 Å². The monoisotopic (exact) mass is 617 g/mol. The molecule has 0 aromatic rings. The summed E-state index contributed by atoms with van der Waals surface area (Å²) in [5.41, 5.74) is 0. The Balaban J connectivity index is 2.20. The summed E-state index contributed by atoms with van der Waals surface area (Å²) < 4.78 is 0. The van der Waals surface area contributed by atoms with Gasteiger partial charge in [0.1, 0.15) is 6.17 Å². The molecule has 1 atom stereocenters. The van der Waals surface area contributed by atoms with E-state index in [2.05, 4.69) is 43.0 Å². The standard InChI is InChI=1S/C42H84N2/c1-4-7-10-13-16-19-21-22-23-24-26-28-31-34-37-42-43(38-35-32-29-18-15-12-9-6-3)40-41-44(42)39-36-33-30-27-25-20-17-14-11-8-5-2/h40-42H,4-39H2,1-3H3. The molecule has 0 N–H and O–H groups in total. The first-order valence-electron chi connectivity index (χ1n) is 21.0. The van der Waals surface area contributed by atoms with Crippen molar-refractivity contribution in [3.8, 4) is 0 Å². The molecule has 1 rings (SSSR count). The van der Waals surface area contributed by atoms with Gasteiger partial charge in [-0.05, 0) is 25.7 Å². The summed E-state index contributed by atoms with van der Waals surface area (Å²) in [6.07, 6.45) is 54.4. The highest BCUT2D eigenvalue weighted by molar-refractivity contribution is 4.97. The summed E-state index contributed by atoms with van der Waals surface area (Å²) in [5.74, 6) is 0. The lowest BCUT2D eigenvalue weighted by Crippen LogP contribution is -2.39. The van der Waals surface area contributed by atoms with Crippen molar-refractivity contribution in [2.24, 2.45) is 0 Å². The van der Waals surface area contributed by atoms with Crippen molar-refractivity contribution >= 4 is 0 Å². The lowest BCUT2D eigenvalue weighted by atomic mass is 10.0. The largest absolute Gasteiger partial charge is 0.356 e. The summed E-state index contributed by atoms with van der Waals surface area (Å²) in [6.45, 7) is 9.48. The molecule has 0 radical (unpaired) electrons. The highest BCUT2D eigenvalue weighted by atomic mass is 15.4. The second-order valence-electron chi connectivity index (χ2n) is 14.6. The number of rotatable bonds is 36. The van der Waals surface area contributed by atoms with Crippen LogP contribution in [0.2, 0.25) is 0 Å². The molecule has 44 heavy (non-hydrogen) atoms. The highest BCUT2D eigenvalue weighted by Crippen LogP contribution is 2.24. The quantitative estimate of drug-likeness (QED) is 0.0646. The van der Waals surface area contributed by atoms with Gasteiger partial charge in [-0.2, -0.15) is 0 Å². The van der Waals surface area contributed by atoms with Gasteiger partial charge in [-0.15, -0.1) is 0 Å². The van der Waals surface area contributed by atoms with Gasteiger partial charge in [0.2, 0.25) is 0 Å². The number of hydrogen-bond donors (Lipinski definition) is 0. The lowest BCUT2D eigenvalue weighted by Gasteiger charge is -2.33. The second-order valence-corrected chi connectivity index (χ2v) is 14.6. The molecule has 0 spiro atoms. The first-order valence-corrected chi connectivity index (χ1v) is 21.0. The molecule has 0 aromatic heterocycles. The van der Waals surface area contributed by atoms with E-state index in [1.165, 1.54) is 231 Å². The van der Waals surface area contributed by atoms with Crippen LogP contribution in [0.5, 0.6) is 0 Å². The van der Waals surface area contributed by atoms with E-state index in [0.717, 1.165) is 0 Å². The van der Waals surface area contributed by atoms with Crippen molar-refractivity contribution in [1.29, 1.82) is 0 Å². The van der Waals surface area contributed by atoms with Crippen LogP contribution in [0.4, 0.5) is 0 Å². The van der Waals surface area contributed by atoms with Crippen LogP contribution in [0.1, 0.15) is 239 Å².